The second-order valence-corrected chi connectivity index (χ2v) is 6.99. The molecule has 0 aliphatic heterocycles. The average molecular weight is 404 g/mol. The maximum atomic E-state index is 12.7. The van der Waals surface area contributed by atoms with E-state index in [-0.39, 0.29) is 5.91 Å². The minimum Gasteiger partial charge on any atom is -0.475 e. The van der Waals surface area contributed by atoms with E-state index in [1.54, 1.807) is 0 Å². The monoisotopic (exact) mass is 403 g/mol. The second-order valence-electron chi connectivity index (χ2n) is 4.95. The third-order valence-electron chi connectivity index (χ3n) is 3.18. The fraction of sp³-hybridized carbons (Fsp3) is 0.118. The summed E-state index contributed by atoms with van der Waals surface area (Å²) in [7, 11) is 0. The van der Waals surface area contributed by atoms with Gasteiger partial charge in [0.2, 0.25) is 11.2 Å². The van der Waals surface area contributed by atoms with Crippen LogP contribution in [0, 0.1) is 6.92 Å². The number of hydrogen-bond donors (Lipinski definition) is 1. The molecule has 1 heterocycles. The number of nitrogens with zero attached hydrogens (tertiary/aromatic N) is 2. The molecule has 0 bridgehead atoms. The van der Waals surface area contributed by atoms with Gasteiger partial charge in [0.05, 0.1) is 4.47 Å². The van der Waals surface area contributed by atoms with Crippen molar-refractivity contribution in [3.05, 3.63) is 69.6 Å². The molecule has 5 nitrogen and oxygen atoms in total. The van der Waals surface area contributed by atoms with Gasteiger partial charge in [-0.1, -0.05) is 53.8 Å². The van der Waals surface area contributed by atoms with E-state index < -0.39 is 6.10 Å². The number of anilines is 1. The Morgan fingerprint density at radius 3 is 2.50 bits per heavy atom. The van der Waals surface area contributed by atoms with E-state index in [1.165, 1.54) is 11.3 Å². The van der Waals surface area contributed by atoms with E-state index in [2.05, 4.69) is 31.4 Å². The number of aryl methyl sites for hydroxylation is 1. The first kappa shape index (κ1) is 16.6. The fourth-order valence-corrected chi connectivity index (χ4v) is 3.06. The predicted octanol–water partition coefficient (Wildman–Crippen LogP) is 4.37. The van der Waals surface area contributed by atoms with Crippen LogP contribution in [0.15, 0.2) is 59.1 Å². The number of amides is 1. The normalized spacial score (nSPS) is 11.8. The van der Waals surface area contributed by atoms with Crippen molar-refractivity contribution >= 4 is 38.3 Å². The molecule has 1 unspecified atom stereocenters. The summed E-state index contributed by atoms with van der Waals surface area (Å²) in [6.07, 6.45) is -0.797. The quantitative estimate of drug-likeness (QED) is 0.686. The highest BCUT2D eigenvalue weighted by Crippen LogP contribution is 2.30. The Balaban J connectivity index is 1.87. The average Bonchev–Trinajstić information content (AvgIpc) is 2.99. The molecule has 1 atom stereocenters. The number of carbonyl (C=O) groups is 1. The summed E-state index contributed by atoms with van der Waals surface area (Å²) in [6.45, 7) is 1.83. The number of benzene rings is 2. The zero-order valence-electron chi connectivity index (χ0n) is 12.8. The van der Waals surface area contributed by atoms with E-state index >= 15 is 0 Å². The zero-order valence-corrected chi connectivity index (χ0v) is 15.2. The molecule has 0 spiro atoms. The Hall–Kier alpha value is -2.25. The molecule has 0 saturated carbocycles. The molecule has 2 aromatic carbocycles. The lowest BCUT2D eigenvalue weighted by Gasteiger charge is -2.19. The van der Waals surface area contributed by atoms with Crippen LogP contribution in [0.1, 0.15) is 16.7 Å². The van der Waals surface area contributed by atoms with Gasteiger partial charge in [-0.15, -0.1) is 10.2 Å². The van der Waals surface area contributed by atoms with Crippen molar-refractivity contribution in [3.8, 4) is 5.75 Å². The second kappa shape index (κ2) is 7.55. The summed E-state index contributed by atoms with van der Waals surface area (Å²) >= 11 is 4.76. The van der Waals surface area contributed by atoms with Crippen LogP contribution in [0.2, 0.25) is 0 Å². The fourth-order valence-electron chi connectivity index (χ4n) is 2.09. The lowest BCUT2D eigenvalue weighted by Crippen LogP contribution is -2.25. The largest absolute Gasteiger partial charge is 0.475 e. The van der Waals surface area contributed by atoms with Crippen LogP contribution in [0.25, 0.3) is 0 Å². The number of ether oxygens (including phenoxy) is 1. The first-order valence-corrected chi connectivity index (χ1v) is 8.81. The molecule has 0 aliphatic carbocycles. The summed E-state index contributed by atoms with van der Waals surface area (Å²) < 4.78 is 6.75. The molecule has 24 heavy (non-hydrogen) atoms. The van der Waals surface area contributed by atoms with Crippen LogP contribution in [-0.4, -0.2) is 16.1 Å². The molecule has 3 rings (SSSR count). The molecule has 122 valence electrons. The van der Waals surface area contributed by atoms with Crippen molar-refractivity contribution in [3.63, 3.8) is 0 Å². The number of hydrogen-bond acceptors (Lipinski definition) is 5. The number of nitrogens with one attached hydrogen (secondary N) is 1. The third kappa shape index (κ3) is 3.98. The van der Waals surface area contributed by atoms with Gasteiger partial charge in [-0.25, -0.2) is 0 Å². The number of carbonyl (C=O) groups excluding carboxylic acids is 1. The molecule has 0 fully saturated rings. The summed E-state index contributed by atoms with van der Waals surface area (Å²) in [5, 5.41) is 11.8. The van der Waals surface area contributed by atoms with Crippen LogP contribution in [0.3, 0.4) is 0 Å². The standard InChI is InChI=1S/C17H14BrN3O2S/c1-11-20-21-17(24-11)19-16(22)15(12-7-3-2-4-8-12)23-14-10-6-5-9-13(14)18/h2-10,15H,1H3,(H,19,21,22). The van der Waals surface area contributed by atoms with Crippen molar-refractivity contribution < 1.29 is 9.53 Å². The van der Waals surface area contributed by atoms with Crippen molar-refractivity contribution in [1.29, 1.82) is 0 Å². The van der Waals surface area contributed by atoms with Gasteiger partial charge < -0.3 is 4.74 Å². The van der Waals surface area contributed by atoms with Gasteiger partial charge in [-0.2, -0.15) is 0 Å². The van der Waals surface area contributed by atoms with Gasteiger partial charge in [-0.05, 0) is 35.0 Å². The van der Waals surface area contributed by atoms with Gasteiger partial charge in [0.1, 0.15) is 10.8 Å². The maximum absolute atomic E-state index is 12.7. The van der Waals surface area contributed by atoms with Gasteiger partial charge in [-0.3, -0.25) is 10.1 Å². The minimum atomic E-state index is -0.797. The molecule has 1 amide bonds. The number of rotatable bonds is 5. The van der Waals surface area contributed by atoms with E-state index in [0.29, 0.717) is 10.9 Å². The van der Waals surface area contributed by atoms with Gasteiger partial charge >= 0.3 is 0 Å². The molecule has 0 saturated heterocycles. The number of aromatic nitrogens is 2. The van der Waals surface area contributed by atoms with Gasteiger partial charge in [0.25, 0.3) is 5.91 Å². The Bertz CT molecular complexity index is 839. The summed E-state index contributed by atoms with van der Waals surface area (Å²) in [6, 6.07) is 16.8. The zero-order chi connectivity index (χ0) is 16.9. The lowest BCUT2D eigenvalue weighted by atomic mass is 10.1. The van der Waals surface area contributed by atoms with Crippen LogP contribution in [-0.2, 0) is 4.79 Å². The van der Waals surface area contributed by atoms with Crippen LogP contribution in [0.5, 0.6) is 5.75 Å². The molecular weight excluding hydrogens is 390 g/mol. The van der Waals surface area contributed by atoms with E-state index in [4.69, 9.17) is 4.74 Å². The molecule has 0 aliphatic rings. The highest BCUT2D eigenvalue weighted by molar-refractivity contribution is 9.10. The van der Waals surface area contributed by atoms with Gasteiger partial charge in [0, 0.05) is 5.56 Å². The molecular formula is C17H14BrN3O2S. The highest BCUT2D eigenvalue weighted by atomic mass is 79.9. The maximum Gasteiger partial charge on any atom is 0.272 e. The van der Waals surface area contributed by atoms with E-state index in [1.807, 2.05) is 61.5 Å². The van der Waals surface area contributed by atoms with E-state index in [0.717, 1.165) is 15.0 Å². The van der Waals surface area contributed by atoms with Crippen molar-refractivity contribution in [1.82, 2.24) is 10.2 Å². The minimum absolute atomic E-state index is 0.298. The summed E-state index contributed by atoms with van der Waals surface area (Å²) in [5.74, 6) is 0.294. The lowest BCUT2D eigenvalue weighted by molar-refractivity contribution is -0.123. The highest BCUT2D eigenvalue weighted by Gasteiger charge is 2.24. The van der Waals surface area contributed by atoms with Crippen molar-refractivity contribution in [2.45, 2.75) is 13.0 Å². The third-order valence-corrected chi connectivity index (χ3v) is 4.59. The first-order valence-electron chi connectivity index (χ1n) is 7.20. The Labute approximate surface area is 151 Å². The molecule has 3 aromatic rings. The number of halogens is 1. The Kier molecular flexibility index (Phi) is 5.22. The topological polar surface area (TPSA) is 64.1 Å². The molecule has 7 heteroatoms. The van der Waals surface area contributed by atoms with E-state index in [9.17, 15) is 4.79 Å². The van der Waals surface area contributed by atoms with Crippen molar-refractivity contribution in [2.24, 2.45) is 0 Å². The van der Waals surface area contributed by atoms with Crippen LogP contribution < -0.4 is 10.1 Å². The molecule has 0 radical (unpaired) electrons. The van der Waals surface area contributed by atoms with Crippen LogP contribution >= 0.6 is 27.3 Å². The van der Waals surface area contributed by atoms with Crippen molar-refractivity contribution in [2.75, 3.05) is 5.32 Å². The summed E-state index contributed by atoms with van der Waals surface area (Å²) in [5.41, 5.74) is 0.756. The first-order chi connectivity index (χ1) is 11.6. The van der Waals surface area contributed by atoms with Crippen LogP contribution in [0.4, 0.5) is 5.13 Å². The Morgan fingerprint density at radius 2 is 1.83 bits per heavy atom. The van der Waals surface area contributed by atoms with Gasteiger partial charge in [0.15, 0.2) is 0 Å². The SMILES string of the molecule is Cc1nnc(NC(=O)C(Oc2ccccc2Br)c2ccccc2)s1. The molecule has 1 aromatic heterocycles. The summed E-state index contributed by atoms with van der Waals surface area (Å²) in [4.78, 5) is 12.7. The smallest absolute Gasteiger partial charge is 0.272 e. The predicted molar refractivity (Wildman–Crippen MR) is 97.2 cm³/mol. The number of para-hydroxylation sites is 1. The molecule has 1 N–H and O–H groups in total. The Morgan fingerprint density at radius 1 is 1.12 bits per heavy atom.